The minimum Gasteiger partial charge on any atom is -0.457 e. The van der Waals surface area contributed by atoms with E-state index >= 15 is 0 Å². The van der Waals surface area contributed by atoms with Gasteiger partial charge in [-0.1, -0.05) is 48.4 Å². The van der Waals surface area contributed by atoms with E-state index in [9.17, 15) is 34.5 Å². The summed E-state index contributed by atoms with van der Waals surface area (Å²) in [6.07, 6.45) is 3.29. The van der Waals surface area contributed by atoms with Crippen LogP contribution in [0, 0.1) is 11.8 Å². The van der Waals surface area contributed by atoms with Crippen LogP contribution in [0.5, 0.6) is 0 Å². The van der Waals surface area contributed by atoms with Crippen LogP contribution in [0.25, 0.3) is 0 Å². The molecule has 4 N–H and O–H groups in total. The number of rotatable bonds is 7. The molecule has 0 spiro atoms. The maximum absolute atomic E-state index is 14.0. The predicted molar refractivity (Wildman–Crippen MR) is 188 cm³/mol. The number of allylic oxidation sites excluding steroid dienone is 3. The lowest BCUT2D eigenvalue weighted by molar-refractivity contribution is -0.161. The molecule has 3 amide bonds. The number of aliphatic hydroxyl groups is 3. The number of halogens is 1. The van der Waals surface area contributed by atoms with Crippen molar-refractivity contribution >= 4 is 52.9 Å². The van der Waals surface area contributed by atoms with Crippen LogP contribution >= 0.6 is 23.4 Å². The molecule has 276 valence electrons. The first-order valence-corrected chi connectivity index (χ1v) is 18.2. The topological polar surface area (TPSA) is 178 Å². The van der Waals surface area contributed by atoms with Crippen LogP contribution in [0.4, 0.5) is 10.5 Å². The van der Waals surface area contributed by atoms with Crippen LogP contribution in [0.3, 0.4) is 0 Å². The number of epoxide rings is 1. The number of nitrogens with one attached hydrogen (secondary N) is 1. The molecule has 4 rings (SSSR count). The fourth-order valence-electron chi connectivity index (χ4n) is 6.53. The molecule has 0 saturated carbocycles. The van der Waals surface area contributed by atoms with Crippen molar-refractivity contribution in [2.75, 3.05) is 37.6 Å². The molecule has 0 aliphatic carbocycles. The van der Waals surface area contributed by atoms with Crippen LogP contribution in [-0.2, 0) is 41.6 Å². The third kappa shape index (κ3) is 8.48. The molecule has 1 aromatic carbocycles. The Hall–Kier alpha value is -3.14. The SMILES string of the molecule is CSCC(=O)N(C)[C@@H](C)C(=O)O[C@H]1CC(=O)N(C)c2cc(cc(CO)c2Cl)C/C(C)=C/C=C/[C@@H](CO)[C@@]2(O)C[C@H](OC(=O)N2)[C@@H](C)[C@@H]2O[C@@]12C. The van der Waals surface area contributed by atoms with Gasteiger partial charge in [-0.25, -0.2) is 9.59 Å². The molecule has 13 nitrogen and oxygen atoms in total. The Bertz CT molecular complexity index is 1540. The van der Waals surface area contributed by atoms with Crippen LogP contribution in [0.2, 0.25) is 5.02 Å². The summed E-state index contributed by atoms with van der Waals surface area (Å²) in [5, 5.41) is 34.7. The maximum Gasteiger partial charge on any atom is 0.409 e. The molecule has 3 aliphatic heterocycles. The van der Waals surface area contributed by atoms with Crippen molar-refractivity contribution in [3.05, 3.63) is 52.1 Å². The molecule has 3 aliphatic rings. The van der Waals surface area contributed by atoms with Crippen molar-refractivity contribution < 1.29 is 48.7 Å². The summed E-state index contributed by atoms with van der Waals surface area (Å²) >= 11 is 8.01. The number of thioether (sulfide) groups is 1. The van der Waals surface area contributed by atoms with Crippen molar-refractivity contribution in [1.82, 2.24) is 10.2 Å². The van der Waals surface area contributed by atoms with Crippen molar-refractivity contribution in [3.63, 3.8) is 0 Å². The zero-order valence-corrected chi connectivity index (χ0v) is 31.0. The number of carbonyl (C=O) groups is 4. The number of anilines is 1. The number of hydrogen-bond donors (Lipinski definition) is 4. The maximum atomic E-state index is 14.0. The zero-order valence-electron chi connectivity index (χ0n) is 29.5. The van der Waals surface area contributed by atoms with Crippen LogP contribution < -0.4 is 10.2 Å². The lowest BCUT2D eigenvalue weighted by atomic mass is 9.81. The van der Waals surface area contributed by atoms with Gasteiger partial charge < -0.3 is 39.3 Å². The van der Waals surface area contributed by atoms with Gasteiger partial charge in [0.05, 0.1) is 42.2 Å². The van der Waals surface area contributed by atoms with Gasteiger partial charge in [-0.3, -0.25) is 14.9 Å². The molecule has 1 aromatic rings. The van der Waals surface area contributed by atoms with E-state index in [1.165, 1.54) is 35.5 Å². The molecule has 15 heteroatoms. The first-order chi connectivity index (χ1) is 23.5. The Labute approximate surface area is 301 Å². The van der Waals surface area contributed by atoms with E-state index in [2.05, 4.69) is 5.32 Å². The summed E-state index contributed by atoms with van der Waals surface area (Å²) in [6.45, 7) is 6.03. The molecular weight excluding hydrogens is 690 g/mol. The Balaban J connectivity index is 1.78. The molecule has 2 saturated heterocycles. The van der Waals surface area contributed by atoms with E-state index in [-0.39, 0.29) is 36.1 Å². The standard InChI is InChI=1S/C35H48ClN3O10S/c1-19-9-8-10-24(17-41)35(46)15-26(47-33(45)37-35)20(2)31-34(4,49-31)27(48-32(44)21(3)38(5)29(43)18-50-7)14-28(42)39(6)25-13-22(11-19)12-23(16-40)30(25)36/h8-10,12-13,20-21,24,26-27,31,40-41,46H,11,14-18H2,1-7H3,(H,37,45)/b10-8+,19-9+/t20-,21+,24+,26+,27+,31+,34+,35+/m1/s1. The minimum atomic E-state index is -1.86. The molecule has 3 heterocycles. The largest absolute Gasteiger partial charge is 0.457 e. The van der Waals surface area contributed by atoms with E-state index < -0.39 is 72.1 Å². The van der Waals surface area contributed by atoms with E-state index in [4.69, 9.17) is 25.8 Å². The van der Waals surface area contributed by atoms with Gasteiger partial charge in [0.2, 0.25) is 11.8 Å². The first-order valence-electron chi connectivity index (χ1n) is 16.5. The van der Waals surface area contributed by atoms with Crippen molar-refractivity contribution in [3.8, 4) is 0 Å². The molecule has 2 fully saturated rings. The number of hydrogen-bond acceptors (Lipinski definition) is 11. The van der Waals surface area contributed by atoms with Gasteiger partial charge in [-0.15, -0.1) is 0 Å². The minimum absolute atomic E-state index is 0.0894. The summed E-state index contributed by atoms with van der Waals surface area (Å²) in [5.41, 5.74) is -0.689. The highest BCUT2D eigenvalue weighted by atomic mass is 35.5. The number of carbonyl (C=O) groups excluding carboxylic acids is 4. The van der Waals surface area contributed by atoms with Gasteiger partial charge in [0, 0.05) is 32.4 Å². The number of aliphatic hydroxyl groups excluding tert-OH is 2. The zero-order chi connectivity index (χ0) is 37.1. The van der Waals surface area contributed by atoms with E-state index in [1.54, 1.807) is 57.5 Å². The molecule has 0 radical (unpaired) electrons. The summed E-state index contributed by atoms with van der Waals surface area (Å²) in [6, 6.07) is 2.52. The average molecular weight is 738 g/mol. The van der Waals surface area contributed by atoms with Crippen molar-refractivity contribution in [2.24, 2.45) is 11.8 Å². The quantitative estimate of drug-likeness (QED) is 0.239. The Morgan fingerprint density at radius 1 is 1.28 bits per heavy atom. The van der Waals surface area contributed by atoms with Gasteiger partial charge in [-0.05, 0) is 50.6 Å². The highest BCUT2D eigenvalue weighted by Crippen LogP contribution is 2.49. The number of benzene rings is 1. The van der Waals surface area contributed by atoms with Gasteiger partial charge in [0.1, 0.15) is 23.9 Å². The number of amides is 3. The number of nitrogens with zero attached hydrogens (tertiary/aromatic N) is 2. The second-order valence-corrected chi connectivity index (χ2v) is 14.8. The Kier molecular flexibility index (Phi) is 12.7. The molecular formula is C35H48ClN3O10S. The van der Waals surface area contributed by atoms with Crippen LogP contribution in [-0.4, -0.2) is 112 Å². The average Bonchev–Trinajstić information content (AvgIpc) is 3.76. The summed E-state index contributed by atoms with van der Waals surface area (Å²) in [5.74, 6) is -2.75. The highest BCUT2D eigenvalue weighted by molar-refractivity contribution is 7.99. The normalized spacial score (nSPS) is 32.4. The molecule has 0 aromatic heterocycles. The second-order valence-electron chi connectivity index (χ2n) is 13.6. The molecule has 8 atom stereocenters. The van der Waals surface area contributed by atoms with Crippen LogP contribution in [0.15, 0.2) is 35.9 Å². The molecule has 4 bridgehead atoms. The first kappa shape index (κ1) is 39.6. The predicted octanol–water partition coefficient (Wildman–Crippen LogP) is 2.95. The van der Waals surface area contributed by atoms with Gasteiger partial charge in [-0.2, -0.15) is 11.8 Å². The Morgan fingerprint density at radius 3 is 2.62 bits per heavy atom. The number of esters is 1. The summed E-state index contributed by atoms with van der Waals surface area (Å²) in [4.78, 5) is 55.5. The molecule has 50 heavy (non-hydrogen) atoms. The van der Waals surface area contributed by atoms with E-state index in [1.807, 2.05) is 6.92 Å². The molecule has 0 unspecified atom stereocenters. The van der Waals surface area contributed by atoms with Crippen LogP contribution in [0.1, 0.15) is 51.7 Å². The van der Waals surface area contributed by atoms with Crippen molar-refractivity contribution in [1.29, 1.82) is 0 Å². The third-order valence-electron chi connectivity index (χ3n) is 9.99. The smallest absolute Gasteiger partial charge is 0.409 e. The van der Waals surface area contributed by atoms with Gasteiger partial charge in [0.25, 0.3) is 0 Å². The summed E-state index contributed by atoms with van der Waals surface area (Å²) < 4.78 is 17.8. The monoisotopic (exact) mass is 737 g/mol. The third-order valence-corrected chi connectivity index (χ3v) is 11.0. The Morgan fingerprint density at radius 2 is 1.98 bits per heavy atom. The van der Waals surface area contributed by atoms with Gasteiger partial charge >= 0.3 is 12.1 Å². The van der Waals surface area contributed by atoms with E-state index in [0.29, 0.717) is 17.7 Å². The fourth-order valence-corrected chi connectivity index (χ4v) is 7.28. The lowest BCUT2D eigenvalue weighted by Gasteiger charge is -2.42. The number of ether oxygens (including phenoxy) is 3. The van der Waals surface area contributed by atoms with Gasteiger partial charge in [0.15, 0.2) is 5.72 Å². The number of fused-ring (bicyclic) bond motifs is 5. The fraction of sp³-hybridized carbons (Fsp3) is 0.600. The highest BCUT2D eigenvalue weighted by Gasteiger charge is 2.64. The van der Waals surface area contributed by atoms with E-state index in [0.717, 1.165) is 11.1 Å². The number of alkyl carbamates (subject to hydrolysis) is 1. The number of likely N-dealkylation sites (N-methyl/N-ethyl adjacent to an activating group) is 1. The second kappa shape index (κ2) is 16.0. The lowest BCUT2D eigenvalue weighted by Crippen LogP contribution is -2.62. The van der Waals surface area contributed by atoms with Crippen molar-refractivity contribution in [2.45, 2.75) is 89.2 Å². The summed E-state index contributed by atoms with van der Waals surface area (Å²) in [7, 11) is 3.04.